The van der Waals surface area contributed by atoms with Gasteiger partial charge in [-0.05, 0) is 37.1 Å². The minimum absolute atomic E-state index is 0.440. The second kappa shape index (κ2) is 3.35. The summed E-state index contributed by atoms with van der Waals surface area (Å²) in [5.41, 5.74) is 8.84. The molecule has 0 unspecified atom stereocenters. The summed E-state index contributed by atoms with van der Waals surface area (Å²) < 4.78 is 0. The Morgan fingerprint density at radius 1 is 1.27 bits per heavy atom. The molecular weight excluding hydrogens is 188 g/mol. The number of primary amides is 1. The molecule has 1 heterocycles. The van der Waals surface area contributed by atoms with Crippen LogP contribution in [-0.2, 0) is 0 Å². The fourth-order valence-corrected chi connectivity index (χ4v) is 1.72. The van der Waals surface area contributed by atoms with E-state index < -0.39 is 5.91 Å². The van der Waals surface area contributed by atoms with Gasteiger partial charge in [0.25, 0.3) is 0 Å². The zero-order valence-electron chi connectivity index (χ0n) is 8.74. The average molecular weight is 200 g/mol. The van der Waals surface area contributed by atoms with Crippen molar-refractivity contribution in [2.75, 3.05) is 0 Å². The van der Waals surface area contributed by atoms with Gasteiger partial charge in [-0.25, -0.2) is 0 Å². The van der Waals surface area contributed by atoms with Gasteiger partial charge in [-0.2, -0.15) is 0 Å². The van der Waals surface area contributed by atoms with Gasteiger partial charge in [-0.1, -0.05) is 6.07 Å². The maximum absolute atomic E-state index is 11.0. The topological polar surface area (TPSA) is 56.0 Å². The molecule has 0 saturated heterocycles. The van der Waals surface area contributed by atoms with Crippen molar-refractivity contribution in [3.63, 3.8) is 0 Å². The van der Waals surface area contributed by atoms with Gasteiger partial charge < -0.3 is 5.73 Å². The number of pyridine rings is 1. The van der Waals surface area contributed by atoms with E-state index in [9.17, 15) is 4.79 Å². The van der Waals surface area contributed by atoms with Crippen molar-refractivity contribution < 1.29 is 4.79 Å². The van der Waals surface area contributed by atoms with Crippen molar-refractivity contribution in [2.24, 2.45) is 5.73 Å². The quantitative estimate of drug-likeness (QED) is 0.764. The number of aromatic nitrogens is 1. The number of fused-ring (bicyclic) bond motifs is 1. The molecular formula is C12H12N2O. The molecule has 2 aromatic rings. The van der Waals surface area contributed by atoms with Crippen LogP contribution < -0.4 is 5.73 Å². The molecule has 0 saturated carbocycles. The van der Waals surface area contributed by atoms with Crippen LogP contribution in [0.2, 0.25) is 0 Å². The van der Waals surface area contributed by atoms with Crippen LogP contribution in [0.1, 0.15) is 21.5 Å². The smallest absolute Gasteiger partial charge is 0.250 e. The summed E-state index contributed by atoms with van der Waals surface area (Å²) in [5, 5.41) is 0.983. The Balaban J connectivity index is 2.76. The molecule has 15 heavy (non-hydrogen) atoms. The van der Waals surface area contributed by atoms with E-state index in [0.29, 0.717) is 5.56 Å². The number of carbonyl (C=O) groups is 1. The Hall–Kier alpha value is -1.90. The molecule has 0 bridgehead atoms. The van der Waals surface area contributed by atoms with E-state index in [2.05, 4.69) is 11.1 Å². The zero-order valence-corrected chi connectivity index (χ0v) is 8.74. The molecule has 0 spiro atoms. The van der Waals surface area contributed by atoms with Crippen molar-refractivity contribution >= 4 is 16.8 Å². The van der Waals surface area contributed by atoms with E-state index in [1.54, 1.807) is 6.07 Å². The molecule has 2 rings (SSSR count). The summed E-state index contributed by atoms with van der Waals surface area (Å²) in [6.07, 6.45) is 1.52. The predicted octanol–water partition coefficient (Wildman–Crippen LogP) is 1.95. The summed E-state index contributed by atoms with van der Waals surface area (Å²) in [6.45, 7) is 4.03. The number of carbonyl (C=O) groups excluding carboxylic acids is 1. The number of hydrogen-bond donors (Lipinski definition) is 1. The summed E-state index contributed by atoms with van der Waals surface area (Å²) in [6, 6.07) is 5.85. The maximum atomic E-state index is 11.0. The minimum Gasteiger partial charge on any atom is -0.366 e. The van der Waals surface area contributed by atoms with Crippen molar-refractivity contribution in [2.45, 2.75) is 13.8 Å². The van der Waals surface area contributed by atoms with Crippen molar-refractivity contribution in [3.05, 3.63) is 41.1 Å². The van der Waals surface area contributed by atoms with Crippen LogP contribution in [0, 0.1) is 13.8 Å². The lowest BCUT2D eigenvalue weighted by molar-refractivity contribution is 0.1000. The lowest BCUT2D eigenvalue weighted by Crippen LogP contribution is -2.11. The van der Waals surface area contributed by atoms with Crippen LogP contribution in [0.3, 0.4) is 0 Å². The van der Waals surface area contributed by atoms with Crippen LogP contribution in [0.4, 0.5) is 0 Å². The number of rotatable bonds is 1. The SMILES string of the molecule is Cc1cc(C)c2cc(C(N)=O)cnc2c1. The van der Waals surface area contributed by atoms with E-state index >= 15 is 0 Å². The molecule has 76 valence electrons. The van der Waals surface area contributed by atoms with Crippen molar-refractivity contribution in [1.82, 2.24) is 4.98 Å². The monoisotopic (exact) mass is 200 g/mol. The molecule has 0 radical (unpaired) electrons. The molecule has 0 aliphatic heterocycles. The molecule has 0 aliphatic rings. The van der Waals surface area contributed by atoms with E-state index in [4.69, 9.17) is 5.73 Å². The molecule has 1 aromatic heterocycles. The summed E-state index contributed by atoms with van der Waals surface area (Å²) >= 11 is 0. The van der Waals surface area contributed by atoms with Gasteiger partial charge in [0.15, 0.2) is 0 Å². The number of nitrogens with two attached hydrogens (primary N) is 1. The van der Waals surface area contributed by atoms with Crippen LogP contribution in [-0.4, -0.2) is 10.9 Å². The van der Waals surface area contributed by atoms with Crippen LogP contribution in [0.25, 0.3) is 10.9 Å². The Kier molecular flexibility index (Phi) is 2.15. The van der Waals surface area contributed by atoms with E-state index in [1.165, 1.54) is 11.8 Å². The predicted molar refractivity (Wildman–Crippen MR) is 59.7 cm³/mol. The molecule has 0 atom stereocenters. The molecule has 1 aromatic carbocycles. The van der Waals surface area contributed by atoms with Gasteiger partial charge >= 0.3 is 0 Å². The third-order valence-electron chi connectivity index (χ3n) is 2.44. The van der Waals surface area contributed by atoms with E-state index in [-0.39, 0.29) is 0 Å². The Morgan fingerprint density at radius 3 is 2.67 bits per heavy atom. The van der Waals surface area contributed by atoms with E-state index in [1.807, 2.05) is 19.9 Å². The zero-order chi connectivity index (χ0) is 11.0. The third kappa shape index (κ3) is 1.68. The first kappa shape index (κ1) is 9.65. The van der Waals surface area contributed by atoms with E-state index in [0.717, 1.165) is 16.5 Å². The number of nitrogens with zero attached hydrogens (tertiary/aromatic N) is 1. The first-order valence-corrected chi connectivity index (χ1v) is 4.75. The standard InChI is InChI=1S/C12H12N2O/c1-7-3-8(2)10-5-9(12(13)15)6-14-11(10)4-7/h3-6H,1-2H3,(H2,13,15). The summed E-state index contributed by atoms with van der Waals surface area (Å²) in [5.74, 6) is -0.440. The van der Waals surface area contributed by atoms with Gasteiger partial charge in [0.1, 0.15) is 0 Å². The first-order valence-electron chi connectivity index (χ1n) is 4.75. The fraction of sp³-hybridized carbons (Fsp3) is 0.167. The molecule has 3 nitrogen and oxygen atoms in total. The highest BCUT2D eigenvalue weighted by Crippen LogP contribution is 2.19. The Bertz CT molecular complexity index is 547. The number of amides is 1. The summed E-state index contributed by atoms with van der Waals surface area (Å²) in [4.78, 5) is 15.2. The molecule has 3 heteroatoms. The molecule has 0 aliphatic carbocycles. The largest absolute Gasteiger partial charge is 0.366 e. The average Bonchev–Trinajstić information content (AvgIpc) is 2.16. The Morgan fingerprint density at radius 2 is 2.00 bits per heavy atom. The lowest BCUT2D eigenvalue weighted by Gasteiger charge is -2.04. The van der Waals surface area contributed by atoms with Crippen molar-refractivity contribution in [3.8, 4) is 0 Å². The molecule has 0 fully saturated rings. The number of benzene rings is 1. The van der Waals surface area contributed by atoms with Crippen LogP contribution >= 0.6 is 0 Å². The second-order valence-corrected chi connectivity index (χ2v) is 3.74. The highest BCUT2D eigenvalue weighted by atomic mass is 16.1. The summed E-state index contributed by atoms with van der Waals surface area (Å²) in [7, 11) is 0. The first-order chi connectivity index (χ1) is 7.08. The Labute approximate surface area is 87.9 Å². The van der Waals surface area contributed by atoms with Gasteiger partial charge in [-0.3, -0.25) is 9.78 Å². The third-order valence-corrected chi connectivity index (χ3v) is 2.44. The highest BCUT2D eigenvalue weighted by molar-refractivity contribution is 5.96. The number of aryl methyl sites for hydroxylation is 2. The van der Waals surface area contributed by atoms with Crippen LogP contribution in [0.5, 0.6) is 0 Å². The van der Waals surface area contributed by atoms with Gasteiger partial charge in [-0.15, -0.1) is 0 Å². The normalized spacial score (nSPS) is 10.5. The minimum atomic E-state index is -0.440. The van der Waals surface area contributed by atoms with Gasteiger partial charge in [0, 0.05) is 11.6 Å². The number of hydrogen-bond acceptors (Lipinski definition) is 2. The van der Waals surface area contributed by atoms with Crippen LogP contribution in [0.15, 0.2) is 24.4 Å². The van der Waals surface area contributed by atoms with Crippen molar-refractivity contribution in [1.29, 1.82) is 0 Å². The lowest BCUT2D eigenvalue weighted by atomic mass is 10.0. The fourth-order valence-electron chi connectivity index (χ4n) is 1.72. The van der Waals surface area contributed by atoms with Gasteiger partial charge in [0.05, 0.1) is 11.1 Å². The van der Waals surface area contributed by atoms with Gasteiger partial charge in [0.2, 0.25) is 5.91 Å². The maximum Gasteiger partial charge on any atom is 0.250 e. The molecule has 2 N–H and O–H groups in total. The molecule has 1 amide bonds. The highest BCUT2D eigenvalue weighted by Gasteiger charge is 2.05. The second-order valence-electron chi connectivity index (χ2n) is 3.74.